The summed E-state index contributed by atoms with van der Waals surface area (Å²) >= 11 is 5.86. The van der Waals surface area contributed by atoms with Gasteiger partial charge in [0.05, 0.1) is 4.90 Å². The molecular weight excluding hydrogens is 490 g/mol. The Morgan fingerprint density at radius 1 is 1.03 bits per heavy atom. The molecule has 0 bridgehead atoms. The molecule has 0 radical (unpaired) electrons. The van der Waals surface area contributed by atoms with Crippen molar-refractivity contribution in [1.82, 2.24) is 4.98 Å². The number of amides is 1. The zero-order chi connectivity index (χ0) is 24.8. The second kappa shape index (κ2) is 11.1. The number of ether oxygens (including phenoxy) is 1. The number of rotatable bonds is 10. The number of nitrogens with one attached hydrogen (secondary N) is 1. The number of carbonyl (C=O) groups is 1. The maximum Gasteiger partial charge on any atom is 0.267 e. The van der Waals surface area contributed by atoms with Crippen molar-refractivity contribution in [2.45, 2.75) is 30.6 Å². The van der Waals surface area contributed by atoms with Gasteiger partial charge in [-0.05, 0) is 60.7 Å². The van der Waals surface area contributed by atoms with E-state index in [2.05, 4.69) is 29.9 Å². The highest BCUT2D eigenvalue weighted by Gasteiger charge is 2.26. The van der Waals surface area contributed by atoms with E-state index in [0.717, 1.165) is 10.3 Å². The second-order valence-corrected chi connectivity index (χ2v) is 16.8. The normalized spacial score (nSPS) is 11.8. The lowest BCUT2D eigenvalue weighted by atomic mass is 10.2. The van der Waals surface area contributed by atoms with Crippen LogP contribution in [0.3, 0.4) is 0 Å². The van der Waals surface area contributed by atoms with Gasteiger partial charge in [-0.1, -0.05) is 17.7 Å². The number of hydrogen-bond donors (Lipinski definition) is 1. The molecule has 0 aliphatic carbocycles. The largest absolute Gasteiger partial charge is 0.363 e. The number of benzene rings is 2. The first-order chi connectivity index (χ1) is 16.1. The van der Waals surface area contributed by atoms with Crippen LogP contribution in [0.25, 0.3) is 0 Å². The number of sulfonamides is 1. The number of hydrogen-bond acceptors (Lipinski definition) is 5. The summed E-state index contributed by atoms with van der Waals surface area (Å²) in [6.07, 6.45) is 1.54. The van der Waals surface area contributed by atoms with Crippen molar-refractivity contribution in [2.24, 2.45) is 0 Å². The maximum absolute atomic E-state index is 13.4. The highest BCUT2D eigenvalue weighted by atomic mass is 35.5. The first-order valence-electron chi connectivity index (χ1n) is 10.7. The van der Waals surface area contributed by atoms with Crippen LogP contribution in [0.2, 0.25) is 30.7 Å². The van der Waals surface area contributed by atoms with Crippen molar-refractivity contribution < 1.29 is 17.9 Å². The lowest BCUT2D eigenvalue weighted by Gasteiger charge is -2.28. The SMILES string of the molecule is C[Si-](C)(C)CCOCN(c1ccccn1)S(=O)(=O)c1ccc(NC(=O)c2ccc(Cl)cc2)cc1. The quantitative estimate of drug-likeness (QED) is 0.218. The molecule has 0 saturated heterocycles. The van der Waals surface area contributed by atoms with Gasteiger partial charge in [0.1, 0.15) is 12.5 Å². The van der Waals surface area contributed by atoms with E-state index in [1.54, 1.807) is 54.6 Å². The van der Waals surface area contributed by atoms with Gasteiger partial charge in [0.25, 0.3) is 15.9 Å². The first-order valence-corrected chi connectivity index (χ1v) is 16.3. The fourth-order valence-electron chi connectivity index (χ4n) is 2.93. The summed E-state index contributed by atoms with van der Waals surface area (Å²) in [4.78, 5) is 16.7. The van der Waals surface area contributed by atoms with Gasteiger partial charge in [0.2, 0.25) is 0 Å². The molecule has 181 valence electrons. The molecule has 0 spiro atoms. The van der Waals surface area contributed by atoms with Crippen LogP contribution in [0.15, 0.2) is 77.8 Å². The van der Waals surface area contributed by atoms with Crippen LogP contribution in [0.1, 0.15) is 10.4 Å². The smallest absolute Gasteiger partial charge is 0.267 e. The van der Waals surface area contributed by atoms with Crippen molar-refractivity contribution in [3.8, 4) is 0 Å². The lowest BCUT2D eigenvalue weighted by molar-refractivity contribution is 0.102. The van der Waals surface area contributed by atoms with Gasteiger partial charge in [0, 0.05) is 29.1 Å². The highest BCUT2D eigenvalue weighted by molar-refractivity contribution is 7.92. The predicted octanol–water partition coefficient (Wildman–Crippen LogP) is 5.49. The number of pyridine rings is 1. The number of aromatic nitrogens is 1. The summed E-state index contributed by atoms with van der Waals surface area (Å²) in [7, 11) is -5.26. The Morgan fingerprint density at radius 2 is 1.71 bits per heavy atom. The maximum atomic E-state index is 13.4. The Bertz CT molecular complexity index is 1200. The fourth-order valence-corrected chi connectivity index (χ4v) is 5.11. The van der Waals surface area contributed by atoms with Crippen molar-refractivity contribution >= 4 is 47.1 Å². The van der Waals surface area contributed by atoms with Gasteiger partial charge in [-0.15, -0.1) is 14.1 Å². The molecular formula is C24H28ClN3O4SSi-. The highest BCUT2D eigenvalue weighted by Crippen LogP contribution is 2.24. The van der Waals surface area contributed by atoms with Crippen LogP contribution in [-0.2, 0) is 14.8 Å². The molecule has 3 rings (SSSR count). The molecule has 0 aliphatic rings. The monoisotopic (exact) mass is 517 g/mol. The van der Waals surface area contributed by atoms with E-state index in [9.17, 15) is 13.2 Å². The molecule has 2 aromatic carbocycles. The summed E-state index contributed by atoms with van der Waals surface area (Å²) in [5.74, 6) is -0.0474. The zero-order valence-electron chi connectivity index (χ0n) is 19.4. The molecule has 3 aromatic rings. The molecule has 1 N–H and O–H groups in total. The predicted molar refractivity (Wildman–Crippen MR) is 139 cm³/mol. The second-order valence-electron chi connectivity index (χ2n) is 8.87. The molecule has 10 heteroatoms. The number of halogens is 1. The van der Waals surface area contributed by atoms with Gasteiger partial charge >= 0.3 is 0 Å². The number of carbonyl (C=O) groups excluding carboxylic acids is 1. The third-order valence-electron chi connectivity index (χ3n) is 4.92. The molecule has 0 saturated carbocycles. The Balaban J connectivity index is 1.76. The standard InChI is InChI=1S/C24H28ClN3O4SSi/c1-34(2,3)17-16-32-18-28(23-6-4-5-15-26-23)33(30,31)22-13-11-21(12-14-22)27-24(29)19-7-9-20(25)10-8-19/h4-15H,16-18H2,1-3H3,(H,27,29)/q-1. The third-order valence-corrected chi connectivity index (χ3v) is 8.61. The summed E-state index contributed by atoms with van der Waals surface area (Å²) in [6.45, 7) is 7.04. The molecule has 0 aliphatic heterocycles. The van der Waals surface area contributed by atoms with E-state index in [4.69, 9.17) is 16.3 Å². The number of anilines is 2. The van der Waals surface area contributed by atoms with E-state index in [1.165, 1.54) is 18.3 Å². The Hall–Kier alpha value is -2.72. The molecule has 0 atom stereocenters. The Morgan fingerprint density at radius 3 is 2.29 bits per heavy atom. The van der Waals surface area contributed by atoms with Crippen LogP contribution < -0.4 is 9.62 Å². The first kappa shape index (κ1) is 25.9. The van der Waals surface area contributed by atoms with Crippen LogP contribution in [0, 0.1) is 0 Å². The average molecular weight is 518 g/mol. The molecule has 0 fully saturated rings. The molecule has 34 heavy (non-hydrogen) atoms. The minimum Gasteiger partial charge on any atom is -0.363 e. The average Bonchev–Trinajstić information content (AvgIpc) is 2.79. The molecule has 1 heterocycles. The molecule has 1 aromatic heterocycles. The van der Waals surface area contributed by atoms with Crippen LogP contribution in [0.4, 0.5) is 11.5 Å². The van der Waals surface area contributed by atoms with Crippen LogP contribution >= 0.6 is 11.6 Å². The third kappa shape index (κ3) is 7.14. The summed E-state index contributed by atoms with van der Waals surface area (Å²) < 4.78 is 33.7. The van der Waals surface area contributed by atoms with E-state index in [-0.39, 0.29) is 23.4 Å². The van der Waals surface area contributed by atoms with E-state index in [0.29, 0.717) is 22.9 Å². The Labute approximate surface area is 206 Å². The van der Waals surface area contributed by atoms with Gasteiger partial charge in [-0.25, -0.2) is 17.7 Å². The zero-order valence-corrected chi connectivity index (χ0v) is 21.9. The van der Waals surface area contributed by atoms with E-state index < -0.39 is 18.1 Å². The van der Waals surface area contributed by atoms with Crippen molar-refractivity contribution in [1.29, 1.82) is 0 Å². The molecule has 7 nitrogen and oxygen atoms in total. The summed E-state index contributed by atoms with van der Waals surface area (Å²) in [5, 5.41) is 3.28. The molecule has 0 unspecified atom stereocenters. The van der Waals surface area contributed by atoms with Crippen molar-refractivity contribution in [3.63, 3.8) is 0 Å². The summed E-state index contributed by atoms with van der Waals surface area (Å²) in [6, 6.07) is 18.5. The lowest BCUT2D eigenvalue weighted by Crippen LogP contribution is -2.34. The topological polar surface area (TPSA) is 88.6 Å². The number of nitrogens with zero attached hydrogens (tertiary/aromatic N) is 2. The Kier molecular flexibility index (Phi) is 8.48. The van der Waals surface area contributed by atoms with Gasteiger partial charge in [-0.3, -0.25) is 4.79 Å². The van der Waals surface area contributed by atoms with Crippen LogP contribution in [-0.4, -0.2) is 40.7 Å². The fraction of sp³-hybridized carbons (Fsp3) is 0.250. The van der Waals surface area contributed by atoms with Crippen molar-refractivity contribution in [3.05, 3.63) is 83.5 Å². The van der Waals surface area contributed by atoms with Crippen molar-refractivity contribution in [2.75, 3.05) is 23.0 Å². The van der Waals surface area contributed by atoms with Gasteiger partial charge in [0.15, 0.2) is 0 Å². The van der Waals surface area contributed by atoms with E-state index in [1.807, 2.05) is 0 Å². The van der Waals surface area contributed by atoms with Gasteiger partial charge in [-0.2, -0.15) is 19.6 Å². The van der Waals surface area contributed by atoms with Gasteiger partial charge < -0.3 is 10.1 Å². The minimum absolute atomic E-state index is 0.0661. The minimum atomic E-state index is -3.94. The van der Waals surface area contributed by atoms with Crippen LogP contribution in [0.5, 0.6) is 0 Å². The molecule has 1 amide bonds. The summed E-state index contributed by atoms with van der Waals surface area (Å²) in [5.41, 5.74) is 0.910. The van der Waals surface area contributed by atoms with E-state index >= 15 is 0 Å².